The van der Waals surface area contributed by atoms with Gasteiger partial charge in [0, 0.05) is 52.7 Å². The molecule has 2 fully saturated rings. The summed E-state index contributed by atoms with van der Waals surface area (Å²) >= 11 is 0. The predicted octanol–water partition coefficient (Wildman–Crippen LogP) is 0.185. The highest BCUT2D eigenvalue weighted by Gasteiger charge is 2.28. The number of nitrogens with one attached hydrogen (secondary N) is 1. The van der Waals surface area contributed by atoms with Crippen molar-refractivity contribution in [1.29, 1.82) is 0 Å². The lowest BCUT2D eigenvalue weighted by Gasteiger charge is -2.36. The second kappa shape index (κ2) is 12.8. The number of amides is 2. The number of rotatable bonds is 9. The molecule has 2 amide bonds. The van der Waals surface area contributed by atoms with E-state index < -0.39 is 23.9 Å². The van der Waals surface area contributed by atoms with E-state index >= 15 is 4.39 Å². The molecule has 206 valence electrons. The predicted molar refractivity (Wildman–Crippen MR) is 135 cm³/mol. The number of ether oxygens (including phenoxy) is 3. The summed E-state index contributed by atoms with van der Waals surface area (Å²) in [7, 11) is 0. The molecule has 1 atom stereocenters. The number of anilines is 1. The molecule has 0 aliphatic carbocycles. The van der Waals surface area contributed by atoms with Crippen molar-refractivity contribution < 1.29 is 37.8 Å². The Labute approximate surface area is 220 Å². The van der Waals surface area contributed by atoms with Gasteiger partial charge < -0.3 is 29.3 Å². The summed E-state index contributed by atoms with van der Waals surface area (Å²) in [4.78, 5) is 53.4. The minimum Gasteiger partial charge on any atom is -0.456 e. The van der Waals surface area contributed by atoms with Gasteiger partial charge in [0.15, 0.2) is 6.61 Å². The van der Waals surface area contributed by atoms with Gasteiger partial charge in [-0.15, -0.1) is 0 Å². The van der Waals surface area contributed by atoms with Gasteiger partial charge in [0.1, 0.15) is 11.9 Å². The maximum atomic E-state index is 15.0. The summed E-state index contributed by atoms with van der Waals surface area (Å²) in [5.74, 6) is -1.98. The van der Waals surface area contributed by atoms with Gasteiger partial charge in [-0.3, -0.25) is 19.3 Å². The zero-order valence-electron chi connectivity index (χ0n) is 21.4. The second-order valence-corrected chi connectivity index (χ2v) is 9.36. The van der Waals surface area contributed by atoms with E-state index in [4.69, 9.17) is 14.2 Å². The molecule has 0 unspecified atom stereocenters. The van der Waals surface area contributed by atoms with Gasteiger partial charge >= 0.3 is 11.9 Å². The summed E-state index contributed by atoms with van der Waals surface area (Å²) in [6.45, 7) is 6.23. The Morgan fingerprint density at radius 1 is 1.11 bits per heavy atom. The van der Waals surface area contributed by atoms with Crippen LogP contribution in [0.5, 0.6) is 0 Å². The first-order valence-electron chi connectivity index (χ1n) is 12.8. The summed E-state index contributed by atoms with van der Waals surface area (Å²) in [5, 5.41) is 2.59. The Morgan fingerprint density at radius 3 is 2.53 bits per heavy atom. The molecule has 3 aliphatic rings. The quantitative estimate of drug-likeness (QED) is 0.445. The van der Waals surface area contributed by atoms with E-state index in [9.17, 15) is 19.2 Å². The van der Waals surface area contributed by atoms with Crippen LogP contribution in [-0.2, 0) is 33.4 Å². The lowest BCUT2D eigenvalue weighted by Crippen LogP contribution is -2.50. The van der Waals surface area contributed by atoms with E-state index in [-0.39, 0.29) is 37.0 Å². The van der Waals surface area contributed by atoms with E-state index in [0.717, 1.165) is 13.1 Å². The van der Waals surface area contributed by atoms with Crippen molar-refractivity contribution >= 4 is 35.0 Å². The molecule has 1 aromatic rings. The van der Waals surface area contributed by atoms with E-state index in [2.05, 4.69) is 10.2 Å². The van der Waals surface area contributed by atoms with Crippen molar-refractivity contribution in [2.45, 2.75) is 19.4 Å². The Hall–Kier alpha value is -3.51. The standard InChI is InChI=1S/C26H33FN4O7/c1-18(32)28-16-20-15-21(26(35)38-20)19-2-3-23(22(27)14-19)30-6-8-31(9-7-30)24(33)17-37-25(34)4-5-29-10-12-36-13-11-29/h2-3,14-15,20H,4-13,16-17H2,1H3,(H,28,32)/t20-/m1/s1. The lowest BCUT2D eigenvalue weighted by atomic mass is 10.0. The molecular weight excluding hydrogens is 499 g/mol. The maximum absolute atomic E-state index is 15.0. The first-order valence-corrected chi connectivity index (χ1v) is 12.8. The summed E-state index contributed by atoms with van der Waals surface area (Å²) in [5.41, 5.74) is 1.02. The van der Waals surface area contributed by atoms with Crippen LogP contribution in [0.1, 0.15) is 18.9 Å². The molecule has 0 aromatic heterocycles. The molecule has 2 saturated heterocycles. The Bertz CT molecular complexity index is 1080. The summed E-state index contributed by atoms with van der Waals surface area (Å²) in [6, 6.07) is 4.55. The third-order valence-corrected chi connectivity index (χ3v) is 6.71. The number of carbonyl (C=O) groups excluding carboxylic acids is 4. The topological polar surface area (TPSA) is 118 Å². The third kappa shape index (κ3) is 7.29. The zero-order chi connectivity index (χ0) is 27.1. The molecule has 3 aliphatic heterocycles. The molecule has 1 aromatic carbocycles. The molecule has 1 N–H and O–H groups in total. The minimum absolute atomic E-state index is 0.155. The average Bonchev–Trinajstić information content (AvgIpc) is 3.30. The Morgan fingerprint density at radius 2 is 1.84 bits per heavy atom. The van der Waals surface area contributed by atoms with E-state index in [1.807, 2.05) is 4.90 Å². The van der Waals surface area contributed by atoms with Crippen LogP contribution in [0.4, 0.5) is 10.1 Å². The maximum Gasteiger partial charge on any atom is 0.339 e. The van der Waals surface area contributed by atoms with Crippen LogP contribution in [-0.4, -0.2) is 112 Å². The lowest BCUT2D eigenvalue weighted by molar-refractivity contribution is -0.152. The largest absolute Gasteiger partial charge is 0.456 e. The van der Waals surface area contributed by atoms with Gasteiger partial charge in [0.2, 0.25) is 5.91 Å². The molecular formula is C26H33FN4O7. The van der Waals surface area contributed by atoms with Gasteiger partial charge in [-0.05, 0) is 23.8 Å². The van der Waals surface area contributed by atoms with Crippen LogP contribution in [0.15, 0.2) is 24.3 Å². The van der Waals surface area contributed by atoms with E-state index in [0.29, 0.717) is 57.2 Å². The fourth-order valence-corrected chi connectivity index (χ4v) is 4.56. The highest BCUT2D eigenvalue weighted by Crippen LogP contribution is 2.29. The molecule has 3 heterocycles. The van der Waals surface area contributed by atoms with E-state index in [1.165, 1.54) is 13.0 Å². The second-order valence-electron chi connectivity index (χ2n) is 9.36. The number of esters is 2. The first-order chi connectivity index (χ1) is 18.3. The average molecular weight is 533 g/mol. The summed E-state index contributed by atoms with van der Waals surface area (Å²) in [6.07, 6.45) is 1.20. The monoisotopic (exact) mass is 532 g/mol. The molecule has 0 spiro atoms. The number of halogens is 1. The van der Waals surface area contributed by atoms with E-state index in [1.54, 1.807) is 23.1 Å². The van der Waals surface area contributed by atoms with Crippen LogP contribution in [0, 0.1) is 5.82 Å². The number of nitrogens with zero attached hydrogens (tertiary/aromatic N) is 3. The minimum atomic E-state index is -0.598. The van der Waals surface area contributed by atoms with Crippen LogP contribution in [0.25, 0.3) is 5.57 Å². The van der Waals surface area contributed by atoms with Gasteiger partial charge in [0.25, 0.3) is 5.91 Å². The molecule has 38 heavy (non-hydrogen) atoms. The van der Waals surface area contributed by atoms with Crippen molar-refractivity contribution in [3.8, 4) is 0 Å². The number of carbonyl (C=O) groups is 4. The zero-order valence-corrected chi connectivity index (χ0v) is 21.4. The SMILES string of the molecule is CC(=O)NC[C@H]1C=C(c2ccc(N3CCN(C(=O)COC(=O)CCN4CCOCC4)CC3)c(F)c2)C(=O)O1. The molecule has 0 radical (unpaired) electrons. The van der Waals surface area contributed by atoms with Crippen LogP contribution in [0.3, 0.4) is 0 Å². The molecule has 11 nitrogen and oxygen atoms in total. The molecule has 4 rings (SSSR count). The number of cyclic esters (lactones) is 1. The number of benzene rings is 1. The summed E-state index contributed by atoms with van der Waals surface area (Å²) < 4.78 is 30.7. The fraction of sp³-hybridized carbons (Fsp3) is 0.538. The number of piperazine rings is 1. The van der Waals surface area contributed by atoms with Crippen molar-refractivity contribution in [2.24, 2.45) is 0 Å². The van der Waals surface area contributed by atoms with Crippen molar-refractivity contribution in [3.63, 3.8) is 0 Å². The third-order valence-electron chi connectivity index (χ3n) is 6.71. The van der Waals surface area contributed by atoms with Crippen LogP contribution >= 0.6 is 0 Å². The number of hydrogen-bond acceptors (Lipinski definition) is 9. The first kappa shape index (κ1) is 27.5. The smallest absolute Gasteiger partial charge is 0.339 e. The molecule has 0 saturated carbocycles. The van der Waals surface area contributed by atoms with Crippen LogP contribution < -0.4 is 10.2 Å². The normalized spacial score (nSPS) is 20.1. The van der Waals surface area contributed by atoms with Crippen molar-refractivity contribution in [2.75, 3.05) is 77.1 Å². The fourth-order valence-electron chi connectivity index (χ4n) is 4.56. The van der Waals surface area contributed by atoms with Gasteiger partial charge in [-0.1, -0.05) is 6.07 Å². The van der Waals surface area contributed by atoms with Gasteiger partial charge in [-0.25, -0.2) is 9.18 Å². The number of morpholine rings is 1. The Balaban J connectivity index is 1.23. The highest BCUT2D eigenvalue weighted by atomic mass is 19.1. The highest BCUT2D eigenvalue weighted by molar-refractivity contribution is 6.18. The Kier molecular flexibility index (Phi) is 9.29. The molecule has 0 bridgehead atoms. The van der Waals surface area contributed by atoms with Crippen LogP contribution in [0.2, 0.25) is 0 Å². The van der Waals surface area contributed by atoms with Gasteiger partial charge in [-0.2, -0.15) is 0 Å². The van der Waals surface area contributed by atoms with Gasteiger partial charge in [0.05, 0.1) is 37.4 Å². The molecule has 12 heteroatoms. The van der Waals surface area contributed by atoms with Crippen molar-refractivity contribution in [3.05, 3.63) is 35.7 Å². The number of hydrogen-bond donors (Lipinski definition) is 1. The van der Waals surface area contributed by atoms with Crippen molar-refractivity contribution in [1.82, 2.24) is 15.1 Å².